The SMILES string of the molecule is CCCCN(CC(C)C(Cc1ccccc1)NC(=O)c1cc(C(N)=O)cc(C(=O)N(CCC)CCC)c1)NC(=O)Cc1ccccc1. The number of nitrogens with two attached hydrogens (primary N) is 1. The van der Waals surface area contributed by atoms with Gasteiger partial charge in [-0.25, -0.2) is 5.01 Å². The topological polar surface area (TPSA) is 125 Å². The molecule has 4 N–H and O–H groups in total. The van der Waals surface area contributed by atoms with Crippen LogP contribution in [0.25, 0.3) is 0 Å². The Morgan fingerprint density at radius 1 is 0.745 bits per heavy atom. The maximum Gasteiger partial charge on any atom is 0.253 e. The fourth-order valence-electron chi connectivity index (χ4n) is 5.59. The third kappa shape index (κ3) is 12.0. The van der Waals surface area contributed by atoms with Crippen LogP contribution < -0.4 is 16.5 Å². The summed E-state index contributed by atoms with van der Waals surface area (Å²) in [4.78, 5) is 54.4. The van der Waals surface area contributed by atoms with Gasteiger partial charge in [-0.2, -0.15) is 0 Å². The fraction of sp³-hybridized carbons (Fsp3) is 0.421. The van der Waals surface area contributed by atoms with Crippen LogP contribution in [-0.4, -0.2) is 65.8 Å². The highest BCUT2D eigenvalue weighted by Crippen LogP contribution is 2.17. The Morgan fingerprint density at radius 2 is 1.32 bits per heavy atom. The van der Waals surface area contributed by atoms with Crippen LogP contribution in [-0.2, 0) is 17.6 Å². The summed E-state index contributed by atoms with van der Waals surface area (Å²) < 4.78 is 0. The molecule has 252 valence electrons. The van der Waals surface area contributed by atoms with Crippen molar-refractivity contribution in [3.05, 3.63) is 107 Å². The highest BCUT2D eigenvalue weighted by molar-refractivity contribution is 6.04. The van der Waals surface area contributed by atoms with Crippen molar-refractivity contribution in [3.8, 4) is 0 Å². The number of rotatable bonds is 19. The number of carbonyl (C=O) groups excluding carboxylic acids is 4. The van der Waals surface area contributed by atoms with Gasteiger partial charge >= 0.3 is 0 Å². The number of nitrogens with one attached hydrogen (secondary N) is 2. The number of primary amides is 1. The van der Waals surface area contributed by atoms with Gasteiger partial charge in [-0.1, -0.05) is 94.8 Å². The monoisotopic (exact) mass is 641 g/mol. The minimum Gasteiger partial charge on any atom is -0.366 e. The van der Waals surface area contributed by atoms with Gasteiger partial charge in [0.25, 0.3) is 11.8 Å². The molecule has 0 aliphatic carbocycles. The van der Waals surface area contributed by atoms with Crippen molar-refractivity contribution in [2.24, 2.45) is 11.7 Å². The zero-order chi connectivity index (χ0) is 34.2. The Balaban J connectivity index is 1.87. The highest BCUT2D eigenvalue weighted by atomic mass is 16.2. The number of hydrogen-bond donors (Lipinski definition) is 3. The van der Waals surface area contributed by atoms with Crippen LogP contribution >= 0.6 is 0 Å². The van der Waals surface area contributed by atoms with Crippen molar-refractivity contribution < 1.29 is 19.2 Å². The summed E-state index contributed by atoms with van der Waals surface area (Å²) in [5.74, 6) is -1.53. The number of carbonyl (C=O) groups is 4. The first-order chi connectivity index (χ1) is 22.6. The Labute approximate surface area is 279 Å². The van der Waals surface area contributed by atoms with E-state index in [1.165, 1.54) is 12.1 Å². The molecule has 0 saturated heterocycles. The second-order valence-electron chi connectivity index (χ2n) is 12.2. The zero-order valence-electron chi connectivity index (χ0n) is 28.3. The Hall–Kier alpha value is -4.50. The molecule has 47 heavy (non-hydrogen) atoms. The van der Waals surface area contributed by atoms with E-state index < -0.39 is 11.8 Å². The maximum atomic E-state index is 13.9. The van der Waals surface area contributed by atoms with Crippen molar-refractivity contribution in [1.82, 2.24) is 20.7 Å². The predicted molar refractivity (Wildman–Crippen MR) is 187 cm³/mol. The van der Waals surface area contributed by atoms with E-state index in [0.29, 0.717) is 32.6 Å². The van der Waals surface area contributed by atoms with Crippen molar-refractivity contribution >= 4 is 23.6 Å². The molecular weight excluding hydrogens is 590 g/mol. The van der Waals surface area contributed by atoms with Crippen LogP contribution in [0, 0.1) is 5.92 Å². The van der Waals surface area contributed by atoms with E-state index in [0.717, 1.165) is 36.8 Å². The number of amides is 4. The molecule has 0 bridgehead atoms. The second kappa shape index (κ2) is 19.2. The fourth-order valence-corrected chi connectivity index (χ4v) is 5.59. The molecule has 3 aromatic rings. The lowest BCUT2D eigenvalue weighted by Crippen LogP contribution is -2.50. The van der Waals surface area contributed by atoms with E-state index in [4.69, 9.17) is 5.73 Å². The van der Waals surface area contributed by atoms with Crippen LogP contribution in [0.3, 0.4) is 0 Å². The molecule has 0 aliphatic heterocycles. The van der Waals surface area contributed by atoms with Crippen LogP contribution in [0.15, 0.2) is 78.9 Å². The summed E-state index contributed by atoms with van der Waals surface area (Å²) in [6.45, 7) is 10.5. The van der Waals surface area contributed by atoms with Gasteiger partial charge < -0.3 is 16.0 Å². The van der Waals surface area contributed by atoms with E-state index in [-0.39, 0.29) is 46.9 Å². The molecule has 9 nitrogen and oxygen atoms in total. The lowest BCUT2D eigenvalue weighted by Gasteiger charge is -2.31. The number of benzene rings is 3. The number of unbranched alkanes of at least 4 members (excludes halogenated alkanes) is 1. The van der Waals surface area contributed by atoms with Crippen molar-refractivity contribution in [3.63, 3.8) is 0 Å². The van der Waals surface area contributed by atoms with Gasteiger partial charge in [0.05, 0.1) is 6.42 Å². The molecule has 2 atom stereocenters. The van der Waals surface area contributed by atoms with Gasteiger partial charge in [-0.15, -0.1) is 0 Å². The smallest absolute Gasteiger partial charge is 0.253 e. The Bertz CT molecular complexity index is 1440. The molecule has 0 aromatic heterocycles. The Kier molecular flexibility index (Phi) is 15.1. The second-order valence-corrected chi connectivity index (χ2v) is 12.2. The predicted octanol–water partition coefficient (Wildman–Crippen LogP) is 5.40. The van der Waals surface area contributed by atoms with E-state index in [1.807, 2.05) is 79.5 Å². The average molecular weight is 642 g/mol. The lowest BCUT2D eigenvalue weighted by atomic mass is 9.93. The molecule has 2 unspecified atom stereocenters. The third-order valence-corrected chi connectivity index (χ3v) is 8.08. The van der Waals surface area contributed by atoms with Crippen molar-refractivity contribution in [2.75, 3.05) is 26.2 Å². The lowest BCUT2D eigenvalue weighted by molar-refractivity contribution is -0.125. The highest BCUT2D eigenvalue weighted by Gasteiger charge is 2.25. The minimum absolute atomic E-state index is 0.0851. The normalized spacial score (nSPS) is 12.3. The van der Waals surface area contributed by atoms with Crippen molar-refractivity contribution in [2.45, 2.75) is 72.3 Å². The molecule has 0 saturated carbocycles. The molecule has 0 heterocycles. The number of hydrazine groups is 1. The third-order valence-electron chi connectivity index (χ3n) is 8.08. The van der Waals surface area contributed by atoms with Gasteiger partial charge in [-0.05, 0) is 60.9 Å². The minimum atomic E-state index is -0.710. The van der Waals surface area contributed by atoms with Gasteiger partial charge in [0, 0.05) is 48.9 Å². The maximum absolute atomic E-state index is 13.9. The summed E-state index contributed by atoms with van der Waals surface area (Å²) in [5, 5.41) is 5.14. The molecule has 0 aliphatic rings. The molecule has 0 fully saturated rings. The summed E-state index contributed by atoms with van der Waals surface area (Å²) in [7, 11) is 0. The molecule has 0 spiro atoms. The van der Waals surface area contributed by atoms with Gasteiger partial charge in [-0.3, -0.25) is 24.6 Å². The quantitative estimate of drug-likeness (QED) is 0.151. The number of nitrogens with zero attached hydrogens (tertiary/aromatic N) is 2. The molecule has 9 heteroatoms. The summed E-state index contributed by atoms with van der Waals surface area (Å²) in [6, 6.07) is 23.7. The summed E-state index contributed by atoms with van der Waals surface area (Å²) in [5.41, 5.74) is 11.3. The van der Waals surface area contributed by atoms with Crippen LogP contribution in [0.5, 0.6) is 0 Å². The van der Waals surface area contributed by atoms with E-state index in [2.05, 4.69) is 24.6 Å². The summed E-state index contributed by atoms with van der Waals surface area (Å²) >= 11 is 0. The molecule has 3 aromatic carbocycles. The standard InChI is InChI=1S/C38H51N5O4/c1-5-8-21-43(41-35(44)23-30-17-13-10-14-18-30)27-28(4)34(22-29-15-11-9-12-16-29)40-37(46)32-24-31(36(39)45)25-33(26-32)38(47)42(19-6-2)20-7-3/h9-18,24-26,28,34H,5-8,19-23,27H2,1-4H3,(H2,39,45)(H,40,46)(H,41,44). The summed E-state index contributed by atoms with van der Waals surface area (Å²) in [6.07, 6.45) is 4.26. The largest absolute Gasteiger partial charge is 0.366 e. The van der Waals surface area contributed by atoms with Gasteiger partial charge in [0.1, 0.15) is 0 Å². The van der Waals surface area contributed by atoms with E-state index in [9.17, 15) is 19.2 Å². The van der Waals surface area contributed by atoms with E-state index in [1.54, 1.807) is 11.0 Å². The molecule has 0 radical (unpaired) electrons. The molecule has 3 rings (SSSR count). The van der Waals surface area contributed by atoms with Crippen molar-refractivity contribution in [1.29, 1.82) is 0 Å². The van der Waals surface area contributed by atoms with Gasteiger partial charge in [0.15, 0.2) is 0 Å². The first-order valence-corrected chi connectivity index (χ1v) is 16.8. The first-order valence-electron chi connectivity index (χ1n) is 16.8. The first kappa shape index (κ1) is 37.0. The van der Waals surface area contributed by atoms with Gasteiger partial charge in [0.2, 0.25) is 11.8 Å². The van der Waals surface area contributed by atoms with Crippen LogP contribution in [0.4, 0.5) is 0 Å². The average Bonchev–Trinajstić information content (AvgIpc) is 3.07. The van der Waals surface area contributed by atoms with Crippen LogP contribution in [0.1, 0.15) is 95.6 Å². The Morgan fingerprint density at radius 3 is 1.89 bits per heavy atom. The molecular formula is C38H51N5O4. The molecule has 4 amide bonds. The number of hydrogen-bond acceptors (Lipinski definition) is 5. The zero-order valence-corrected chi connectivity index (χ0v) is 28.3. The van der Waals surface area contributed by atoms with Crippen LogP contribution in [0.2, 0.25) is 0 Å². The van der Waals surface area contributed by atoms with E-state index >= 15 is 0 Å².